The molecule has 0 amide bonds. The maximum Gasteiger partial charge on any atom is 0.269 e. The van der Waals surface area contributed by atoms with Crippen LogP contribution in [0.1, 0.15) is 18.4 Å². The van der Waals surface area contributed by atoms with Gasteiger partial charge in [-0.2, -0.15) is 0 Å². The monoisotopic (exact) mass is 306 g/mol. The van der Waals surface area contributed by atoms with Crippen LogP contribution in [-0.2, 0) is 5.54 Å². The van der Waals surface area contributed by atoms with E-state index in [9.17, 15) is 27.7 Å². The quantitative estimate of drug-likeness (QED) is 0.528. The van der Waals surface area contributed by atoms with Crippen LogP contribution in [0.3, 0.4) is 0 Å². The second-order valence-electron chi connectivity index (χ2n) is 5.28. The summed E-state index contributed by atoms with van der Waals surface area (Å²) in [5, 5.41) is 13.2. The molecule has 0 spiro atoms. The minimum Gasteiger partial charge on any atom is -0.302 e. The summed E-state index contributed by atoms with van der Waals surface area (Å²) in [6.07, 6.45) is -0.482. The Morgan fingerprint density at radius 3 is 2.48 bits per heavy atom. The summed E-state index contributed by atoms with van der Waals surface area (Å²) >= 11 is 0. The van der Waals surface area contributed by atoms with E-state index < -0.39 is 41.8 Å². The maximum atomic E-state index is 13.9. The molecule has 0 aromatic heterocycles. The van der Waals surface area contributed by atoms with Crippen molar-refractivity contribution in [1.82, 2.24) is 5.32 Å². The van der Waals surface area contributed by atoms with Gasteiger partial charge in [-0.25, -0.2) is 17.6 Å². The number of nitrogens with one attached hydrogen (secondary N) is 1. The Balaban J connectivity index is 2.38. The van der Waals surface area contributed by atoms with Crippen molar-refractivity contribution in [1.29, 1.82) is 0 Å². The molecule has 116 valence electrons. The molecule has 4 nitrogen and oxygen atoms in total. The predicted octanol–water partition coefficient (Wildman–Crippen LogP) is 2.96. The Hall–Kier alpha value is -1.70. The first kappa shape index (κ1) is 15.7. The average molecular weight is 306 g/mol. The second-order valence-corrected chi connectivity index (χ2v) is 5.28. The molecule has 1 heterocycles. The van der Waals surface area contributed by atoms with Gasteiger partial charge < -0.3 is 5.32 Å². The zero-order valence-electron chi connectivity index (χ0n) is 11.0. The van der Waals surface area contributed by atoms with Crippen molar-refractivity contribution in [2.24, 2.45) is 0 Å². The van der Waals surface area contributed by atoms with Crippen LogP contribution < -0.4 is 5.32 Å². The largest absolute Gasteiger partial charge is 0.302 e. The number of piperidine rings is 1. The van der Waals surface area contributed by atoms with E-state index in [1.807, 2.05) is 0 Å². The third kappa shape index (κ3) is 2.85. The van der Waals surface area contributed by atoms with Crippen LogP contribution >= 0.6 is 0 Å². The topological polar surface area (TPSA) is 55.2 Å². The molecule has 0 bridgehead atoms. The van der Waals surface area contributed by atoms with Crippen LogP contribution in [-0.4, -0.2) is 30.5 Å². The number of hydrogen-bond donors (Lipinski definition) is 1. The van der Waals surface area contributed by atoms with Crippen LogP contribution in [0.2, 0.25) is 0 Å². The summed E-state index contributed by atoms with van der Waals surface area (Å²) < 4.78 is 53.8. The van der Waals surface area contributed by atoms with Gasteiger partial charge in [0.25, 0.3) is 5.69 Å². The van der Waals surface area contributed by atoms with Gasteiger partial charge in [-0.05, 0) is 18.9 Å². The fraction of sp³-hybridized carbons (Fsp3) is 0.538. The lowest BCUT2D eigenvalue weighted by molar-refractivity contribution is -0.385. The van der Waals surface area contributed by atoms with Crippen LogP contribution in [0, 0.1) is 15.9 Å². The van der Waals surface area contributed by atoms with E-state index in [0.717, 1.165) is 18.2 Å². The van der Waals surface area contributed by atoms with Gasteiger partial charge in [-0.3, -0.25) is 10.1 Å². The fourth-order valence-electron chi connectivity index (χ4n) is 2.47. The Labute approximate surface area is 118 Å². The standard InChI is InChI=1S/C13H14F4N2O2/c14-6-12(17)3-4-13(7-15,18-8-12)10-5-9(19(20)21)1-2-11(10)16/h1-2,5,18H,3-4,6-8H2/t12?,13-/m1/s1. The number of nitro benzene ring substituents is 1. The summed E-state index contributed by atoms with van der Waals surface area (Å²) in [5.41, 5.74) is -4.31. The van der Waals surface area contributed by atoms with Crippen molar-refractivity contribution in [3.63, 3.8) is 0 Å². The molecule has 8 heteroatoms. The third-order valence-corrected chi connectivity index (χ3v) is 3.89. The van der Waals surface area contributed by atoms with Gasteiger partial charge in [0, 0.05) is 24.2 Å². The average Bonchev–Trinajstić information content (AvgIpc) is 2.49. The van der Waals surface area contributed by atoms with E-state index in [1.165, 1.54) is 0 Å². The molecule has 0 saturated carbocycles. The van der Waals surface area contributed by atoms with Crippen LogP contribution in [0.5, 0.6) is 0 Å². The van der Waals surface area contributed by atoms with E-state index >= 15 is 0 Å². The molecular formula is C13H14F4N2O2. The molecule has 1 aromatic rings. The molecular weight excluding hydrogens is 292 g/mol. The van der Waals surface area contributed by atoms with Gasteiger partial charge >= 0.3 is 0 Å². The van der Waals surface area contributed by atoms with Gasteiger partial charge in [-0.15, -0.1) is 0 Å². The van der Waals surface area contributed by atoms with Crippen molar-refractivity contribution in [3.8, 4) is 0 Å². The van der Waals surface area contributed by atoms with Gasteiger partial charge in [0.15, 0.2) is 5.67 Å². The highest BCUT2D eigenvalue weighted by molar-refractivity contribution is 5.39. The number of alkyl halides is 3. The Morgan fingerprint density at radius 1 is 1.29 bits per heavy atom. The van der Waals surface area contributed by atoms with Gasteiger partial charge in [0.1, 0.15) is 19.2 Å². The van der Waals surface area contributed by atoms with Crippen LogP contribution in [0.25, 0.3) is 0 Å². The van der Waals surface area contributed by atoms with Crippen molar-refractivity contribution in [2.45, 2.75) is 24.0 Å². The van der Waals surface area contributed by atoms with Gasteiger partial charge in [0.2, 0.25) is 0 Å². The number of non-ortho nitro benzene ring substituents is 1. The number of halogens is 4. The van der Waals surface area contributed by atoms with Crippen molar-refractivity contribution >= 4 is 5.69 Å². The molecule has 1 aliphatic rings. The first-order valence-corrected chi connectivity index (χ1v) is 6.36. The number of benzene rings is 1. The fourth-order valence-corrected chi connectivity index (χ4v) is 2.47. The Kier molecular flexibility index (Phi) is 4.18. The molecule has 1 saturated heterocycles. The normalized spacial score (nSPS) is 29.3. The van der Waals surface area contributed by atoms with Crippen LogP contribution in [0.15, 0.2) is 18.2 Å². The van der Waals surface area contributed by atoms with E-state index in [0.29, 0.717) is 0 Å². The molecule has 2 atom stereocenters. The smallest absolute Gasteiger partial charge is 0.269 e. The Morgan fingerprint density at radius 2 is 2.00 bits per heavy atom. The molecule has 1 aliphatic heterocycles. The number of rotatable bonds is 4. The lowest BCUT2D eigenvalue weighted by Gasteiger charge is -2.41. The summed E-state index contributed by atoms with van der Waals surface area (Å²) in [6.45, 7) is -2.78. The number of nitrogens with zero attached hydrogens (tertiary/aromatic N) is 1. The molecule has 21 heavy (non-hydrogen) atoms. The van der Waals surface area contributed by atoms with Gasteiger partial charge in [0.05, 0.1) is 10.5 Å². The minimum atomic E-state index is -2.12. The van der Waals surface area contributed by atoms with Crippen molar-refractivity contribution < 1.29 is 22.5 Å². The number of nitro groups is 1. The summed E-state index contributed by atoms with van der Waals surface area (Å²) in [4.78, 5) is 10.0. The molecule has 1 aromatic carbocycles. The van der Waals surface area contributed by atoms with E-state index in [1.54, 1.807) is 0 Å². The summed E-state index contributed by atoms with van der Waals surface area (Å²) in [5.74, 6) is -0.822. The first-order valence-electron chi connectivity index (χ1n) is 6.36. The highest BCUT2D eigenvalue weighted by Crippen LogP contribution is 2.38. The predicted molar refractivity (Wildman–Crippen MR) is 67.8 cm³/mol. The highest BCUT2D eigenvalue weighted by Gasteiger charge is 2.45. The SMILES string of the molecule is O=[N+]([O-])c1ccc(F)c([C@]2(CF)CCC(F)(CF)CN2)c1. The first-order chi connectivity index (χ1) is 9.86. The van der Waals surface area contributed by atoms with Crippen molar-refractivity contribution in [2.75, 3.05) is 19.9 Å². The second kappa shape index (κ2) is 5.59. The minimum absolute atomic E-state index is 0.192. The van der Waals surface area contributed by atoms with Crippen LogP contribution in [0.4, 0.5) is 23.2 Å². The molecule has 1 unspecified atom stereocenters. The zero-order chi connectivity index (χ0) is 15.7. The Bertz CT molecular complexity index is 545. The lowest BCUT2D eigenvalue weighted by Crippen LogP contribution is -2.56. The molecule has 2 rings (SSSR count). The van der Waals surface area contributed by atoms with E-state index in [4.69, 9.17) is 0 Å². The van der Waals surface area contributed by atoms with Crippen molar-refractivity contribution in [3.05, 3.63) is 39.7 Å². The van der Waals surface area contributed by atoms with E-state index in [2.05, 4.69) is 5.32 Å². The highest BCUT2D eigenvalue weighted by atomic mass is 19.2. The number of hydrogen-bond acceptors (Lipinski definition) is 3. The maximum absolute atomic E-state index is 13.9. The zero-order valence-corrected chi connectivity index (χ0v) is 11.0. The van der Waals surface area contributed by atoms with E-state index in [-0.39, 0.29) is 24.1 Å². The molecule has 0 radical (unpaired) electrons. The summed E-state index contributed by atoms with van der Waals surface area (Å²) in [6, 6.07) is 2.77. The molecule has 1 N–H and O–H groups in total. The van der Waals surface area contributed by atoms with Gasteiger partial charge in [-0.1, -0.05) is 0 Å². The molecule has 0 aliphatic carbocycles. The third-order valence-electron chi connectivity index (χ3n) is 3.89. The summed E-state index contributed by atoms with van der Waals surface area (Å²) in [7, 11) is 0. The lowest BCUT2D eigenvalue weighted by atomic mass is 9.79. The molecule has 1 fully saturated rings.